The maximum atomic E-state index is 12.3. The van der Waals surface area contributed by atoms with E-state index < -0.39 is 0 Å². The van der Waals surface area contributed by atoms with E-state index >= 15 is 0 Å². The minimum absolute atomic E-state index is 0. The molecular formula is C18H28ClN3O3. The summed E-state index contributed by atoms with van der Waals surface area (Å²) in [6.45, 7) is 3.83. The Balaban J connectivity index is 0.00000312. The van der Waals surface area contributed by atoms with Gasteiger partial charge in [0, 0.05) is 25.7 Å². The number of carbonyl (C=O) groups is 2. The van der Waals surface area contributed by atoms with Crippen LogP contribution < -0.4 is 15.8 Å². The van der Waals surface area contributed by atoms with Gasteiger partial charge in [0.1, 0.15) is 5.75 Å². The summed E-state index contributed by atoms with van der Waals surface area (Å²) in [6, 6.07) is 9.40. The first-order chi connectivity index (χ1) is 11.6. The number of likely N-dealkylation sites (tertiary alicyclic amines) is 1. The van der Waals surface area contributed by atoms with E-state index in [-0.39, 0.29) is 36.2 Å². The minimum Gasteiger partial charge on any atom is -0.493 e. The molecule has 6 nitrogen and oxygen atoms in total. The van der Waals surface area contributed by atoms with Crippen molar-refractivity contribution in [3.8, 4) is 5.75 Å². The van der Waals surface area contributed by atoms with Gasteiger partial charge in [-0.1, -0.05) is 18.2 Å². The first-order valence-electron chi connectivity index (χ1n) is 8.56. The summed E-state index contributed by atoms with van der Waals surface area (Å²) in [5.74, 6) is 0.644. The number of para-hydroxylation sites is 1. The van der Waals surface area contributed by atoms with E-state index in [4.69, 9.17) is 10.5 Å². The Hall–Kier alpha value is -1.79. The Morgan fingerprint density at radius 3 is 2.76 bits per heavy atom. The monoisotopic (exact) mass is 369 g/mol. The van der Waals surface area contributed by atoms with E-state index in [0.29, 0.717) is 32.7 Å². The molecule has 140 valence electrons. The molecule has 2 atom stereocenters. The molecule has 0 saturated carbocycles. The van der Waals surface area contributed by atoms with E-state index in [0.717, 1.165) is 18.6 Å². The zero-order chi connectivity index (χ0) is 17.4. The zero-order valence-corrected chi connectivity index (χ0v) is 15.5. The summed E-state index contributed by atoms with van der Waals surface area (Å²) in [6.07, 6.45) is 1.98. The second-order valence-corrected chi connectivity index (χ2v) is 6.24. The van der Waals surface area contributed by atoms with Crippen molar-refractivity contribution < 1.29 is 14.3 Å². The van der Waals surface area contributed by atoms with E-state index in [1.165, 1.54) is 0 Å². The smallest absolute Gasteiger partial charge is 0.226 e. The number of nitrogens with two attached hydrogens (primary N) is 1. The predicted molar refractivity (Wildman–Crippen MR) is 99.8 cm³/mol. The fourth-order valence-electron chi connectivity index (χ4n) is 2.77. The molecule has 1 heterocycles. The third-order valence-electron chi connectivity index (χ3n) is 4.21. The van der Waals surface area contributed by atoms with Crippen LogP contribution >= 0.6 is 12.4 Å². The average Bonchev–Trinajstić information content (AvgIpc) is 2.62. The van der Waals surface area contributed by atoms with Gasteiger partial charge in [-0.25, -0.2) is 0 Å². The second kappa shape index (κ2) is 10.9. The highest BCUT2D eigenvalue weighted by Gasteiger charge is 2.28. The number of ether oxygens (including phenoxy) is 1. The van der Waals surface area contributed by atoms with Gasteiger partial charge in [0.15, 0.2) is 0 Å². The molecule has 1 aliphatic rings. The summed E-state index contributed by atoms with van der Waals surface area (Å²) in [7, 11) is 0. The normalized spacial score (nSPS) is 18.0. The number of carbonyl (C=O) groups excluding carboxylic acids is 2. The zero-order valence-electron chi connectivity index (χ0n) is 14.6. The Morgan fingerprint density at radius 2 is 2.08 bits per heavy atom. The molecule has 1 saturated heterocycles. The SMILES string of the molecule is C[C@@H](CN)NC(=O)C1CCCN(C(=O)CCOc2ccccc2)C1.Cl. The van der Waals surface area contributed by atoms with Crippen LogP contribution in [0.5, 0.6) is 5.75 Å². The molecule has 0 bridgehead atoms. The van der Waals surface area contributed by atoms with Crippen molar-refractivity contribution in [1.29, 1.82) is 0 Å². The Bertz CT molecular complexity index is 542. The van der Waals surface area contributed by atoms with Crippen LogP contribution in [0.4, 0.5) is 0 Å². The maximum Gasteiger partial charge on any atom is 0.226 e. The second-order valence-electron chi connectivity index (χ2n) is 6.24. The average molecular weight is 370 g/mol. The van der Waals surface area contributed by atoms with Gasteiger partial charge in [-0.3, -0.25) is 9.59 Å². The molecule has 1 unspecified atom stereocenters. The lowest BCUT2D eigenvalue weighted by molar-refractivity contribution is -0.136. The van der Waals surface area contributed by atoms with Crippen molar-refractivity contribution in [2.45, 2.75) is 32.2 Å². The lowest BCUT2D eigenvalue weighted by Crippen LogP contribution is -2.48. The van der Waals surface area contributed by atoms with Gasteiger partial charge in [0.25, 0.3) is 0 Å². The summed E-state index contributed by atoms with van der Waals surface area (Å²) >= 11 is 0. The van der Waals surface area contributed by atoms with Gasteiger partial charge >= 0.3 is 0 Å². The van der Waals surface area contributed by atoms with Crippen LogP contribution in [0, 0.1) is 5.92 Å². The van der Waals surface area contributed by atoms with Crippen molar-refractivity contribution in [3.63, 3.8) is 0 Å². The first kappa shape index (κ1) is 21.3. The highest BCUT2D eigenvalue weighted by molar-refractivity contribution is 5.85. The fourth-order valence-corrected chi connectivity index (χ4v) is 2.77. The summed E-state index contributed by atoms with van der Waals surface area (Å²) in [5, 5.41) is 2.90. The number of nitrogens with one attached hydrogen (secondary N) is 1. The van der Waals surface area contributed by atoms with E-state index in [1.54, 1.807) is 4.90 Å². The Morgan fingerprint density at radius 1 is 1.36 bits per heavy atom. The Labute approximate surface area is 155 Å². The molecule has 0 radical (unpaired) electrons. The molecule has 2 amide bonds. The Kier molecular flexibility index (Phi) is 9.31. The van der Waals surface area contributed by atoms with Crippen molar-refractivity contribution in [1.82, 2.24) is 10.2 Å². The standard InChI is InChI=1S/C18H27N3O3.ClH/c1-14(12-19)20-18(23)15-6-5-10-21(13-15)17(22)9-11-24-16-7-3-2-4-8-16;/h2-4,7-8,14-15H,5-6,9-13,19H2,1H3,(H,20,23);1H/t14-,15?;/m0./s1. The molecule has 1 aliphatic heterocycles. The van der Waals surface area contributed by atoms with Crippen LogP contribution in [0.1, 0.15) is 26.2 Å². The molecular weight excluding hydrogens is 342 g/mol. The van der Waals surface area contributed by atoms with Gasteiger partial charge in [0.05, 0.1) is 18.9 Å². The number of piperidine rings is 1. The number of halogens is 1. The maximum absolute atomic E-state index is 12.3. The highest BCUT2D eigenvalue weighted by atomic mass is 35.5. The van der Waals surface area contributed by atoms with E-state index in [9.17, 15) is 9.59 Å². The van der Waals surface area contributed by atoms with Crippen molar-refractivity contribution >= 4 is 24.2 Å². The van der Waals surface area contributed by atoms with Crippen molar-refractivity contribution in [2.75, 3.05) is 26.2 Å². The number of rotatable bonds is 7. The first-order valence-corrected chi connectivity index (χ1v) is 8.56. The molecule has 1 fully saturated rings. The van der Waals surface area contributed by atoms with Crippen LogP contribution in [-0.2, 0) is 9.59 Å². The molecule has 25 heavy (non-hydrogen) atoms. The molecule has 0 spiro atoms. The van der Waals surface area contributed by atoms with Gasteiger partial charge in [-0.15, -0.1) is 12.4 Å². The van der Waals surface area contributed by atoms with Crippen LogP contribution in [0.15, 0.2) is 30.3 Å². The van der Waals surface area contributed by atoms with Gasteiger partial charge in [0.2, 0.25) is 11.8 Å². The molecule has 3 N–H and O–H groups in total. The molecule has 2 rings (SSSR count). The van der Waals surface area contributed by atoms with Gasteiger partial charge < -0.3 is 20.7 Å². The van der Waals surface area contributed by atoms with E-state index in [2.05, 4.69) is 5.32 Å². The predicted octanol–water partition coefficient (Wildman–Crippen LogP) is 1.58. The third-order valence-corrected chi connectivity index (χ3v) is 4.21. The molecule has 1 aromatic carbocycles. The summed E-state index contributed by atoms with van der Waals surface area (Å²) in [4.78, 5) is 26.3. The lowest BCUT2D eigenvalue weighted by atomic mass is 9.96. The van der Waals surface area contributed by atoms with Crippen LogP contribution in [0.2, 0.25) is 0 Å². The lowest BCUT2D eigenvalue weighted by Gasteiger charge is -2.32. The summed E-state index contributed by atoms with van der Waals surface area (Å²) in [5.41, 5.74) is 5.54. The number of hydrogen-bond acceptors (Lipinski definition) is 4. The van der Waals surface area contributed by atoms with Crippen molar-refractivity contribution in [3.05, 3.63) is 30.3 Å². The molecule has 1 aromatic rings. The van der Waals surface area contributed by atoms with Gasteiger partial charge in [-0.2, -0.15) is 0 Å². The topological polar surface area (TPSA) is 84.7 Å². The number of amides is 2. The van der Waals surface area contributed by atoms with Crippen LogP contribution in [-0.4, -0.2) is 49.0 Å². The van der Waals surface area contributed by atoms with Crippen LogP contribution in [0.3, 0.4) is 0 Å². The number of benzene rings is 1. The molecule has 7 heteroatoms. The minimum atomic E-state index is -0.147. The molecule has 0 aromatic heterocycles. The largest absolute Gasteiger partial charge is 0.493 e. The summed E-state index contributed by atoms with van der Waals surface area (Å²) < 4.78 is 5.57. The highest BCUT2D eigenvalue weighted by Crippen LogP contribution is 2.18. The third kappa shape index (κ3) is 6.92. The number of hydrogen-bond donors (Lipinski definition) is 2. The quantitative estimate of drug-likeness (QED) is 0.764. The number of nitrogens with zero attached hydrogens (tertiary/aromatic N) is 1. The van der Waals surface area contributed by atoms with Crippen LogP contribution in [0.25, 0.3) is 0 Å². The van der Waals surface area contributed by atoms with Crippen molar-refractivity contribution in [2.24, 2.45) is 11.7 Å². The molecule has 0 aliphatic carbocycles. The van der Waals surface area contributed by atoms with Gasteiger partial charge in [-0.05, 0) is 31.9 Å². The van der Waals surface area contributed by atoms with E-state index in [1.807, 2.05) is 37.3 Å². The fraction of sp³-hybridized carbons (Fsp3) is 0.556.